The maximum absolute atomic E-state index is 12.4. The number of primary amides is 1. The van der Waals surface area contributed by atoms with Gasteiger partial charge in [0.2, 0.25) is 5.91 Å². The molecule has 136 valence electrons. The molecule has 0 aliphatic rings. The lowest BCUT2D eigenvalue weighted by atomic mass is 10.1. The molecule has 0 atom stereocenters. The number of carbonyl (C=O) groups is 3. The molecule has 0 saturated heterocycles. The third-order valence-electron chi connectivity index (χ3n) is 3.58. The number of nitrogens with zero attached hydrogens (tertiary/aromatic N) is 3. The lowest BCUT2D eigenvalue weighted by Gasteiger charge is -2.08. The van der Waals surface area contributed by atoms with E-state index in [1.807, 2.05) is 0 Å². The van der Waals surface area contributed by atoms with Crippen LogP contribution in [0.25, 0.3) is 5.82 Å². The van der Waals surface area contributed by atoms with Crippen molar-refractivity contribution in [3.63, 3.8) is 0 Å². The van der Waals surface area contributed by atoms with E-state index in [-0.39, 0.29) is 12.5 Å². The van der Waals surface area contributed by atoms with E-state index in [0.29, 0.717) is 22.6 Å². The summed E-state index contributed by atoms with van der Waals surface area (Å²) >= 11 is 0. The van der Waals surface area contributed by atoms with Crippen LogP contribution in [0.1, 0.15) is 20.7 Å². The van der Waals surface area contributed by atoms with Gasteiger partial charge in [-0.3, -0.25) is 19.0 Å². The summed E-state index contributed by atoms with van der Waals surface area (Å²) in [6.07, 6.45) is 6.44. The fraction of sp³-hybridized carbons (Fsp3) is 0.0556. The standard InChI is InChI=1S/C18H16N6O3/c19-15(25)10-22-17(26)12-2-1-3-14(8-12)23-18(27)13-4-5-16(21-9-13)24-7-6-20-11-24/h1-9,11H,10H2,(H2,19,25)(H,22,26)(H,23,27). The SMILES string of the molecule is NC(=O)CNC(=O)c1cccc(NC(=O)c2ccc(-n3ccnc3)nc2)c1. The van der Waals surface area contributed by atoms with Crippen LogP contribution < -0.4 is 16.4 Å². The first kappa shape index (κ1) is 17.8. The highest BCUT2D eigenvalue weighted by Crippen LogP contribution is 2.13. The summed E-state index contributed by atoms with van der Waals surface area (Å²) in [5.74, 6) is -0.831. The molecule has 0 unspecified atom stereocenters. The van der Waals surface area contributed by atoms with Gasteiger partial charge in [0, 0.05) is 29.8 Å². The molecule has 0 aliphatic heterocycles. The van der Waals surface area contributed by atoms with E-state index < -0.39 is 11.8 Å². The van der Waals surface area contributed by atoms with Crippen molar-refractivity contribution in [3.05, 3.63) is 72.4 Å². The number of amides is 3. The van der Waals surface area contributed by atoms with Crippen molar-refractivity contribution >= 4 is 23.4 Å². The highest BCUT2D eigenvalue weighted by molar-refractivity contribution is 6.05. The topological polar surface area (TPSA) is 132 Å². The van der Waals surface area contributed by atoms with Crippen molar-refractivity contribution in [1.82, 2.24) is 19.9 Å². The van der Waals surface area contributed by atoms with Crippen molar-refractivity contribution in [2.75, 3.05) is 11.9 Å². The second-order valence-electron chi connectivity index (χ2n) is 5.56. The fourth-order valence-electron chi connectivity index (χ4n) is 2.28. The minimum Gasteiger partial charge on any atom is -0.368 e. The van der Waals surface area contributed by atoms with Gasteiger partial charge in [-0.25, -0.2) is 9.97 Å². The summed E-state index contributed by atoms with van der Waals surface area (Å²) in [7, 11) is 0. The number of imidazole rings is 1. The van der Waals surface area contributed by atoms with Crippen LogP contribution in [0.3, 0.4) is 0 Å². The molecule has 0 bridgehead atoms. The number of pyridine rings is 1. The average molecular weight is 364 g/mol. The Morgan fingerprint density at radius 2 is 1.93 bits per heavy atom. The van der Waals surface area contributed by atoms with Crippen LogP contribution in [-0.4, -0.2) is 38.8 Å². The maximum atomic E-state index is 12.4. The molecule has 0 radical (unpaired) electrons. The maximum Gasteiger partial charge on any atom is 0.257 e. The van der Waals surface area contributed by atoms with Crippen LogP contribution >= 0.6 is 0 Å². The number of anilines is 1. The first-order chi connectivity index (χ1) is 13.0. The molecule has 0 aliphatic carbocycles. The molecule has 0 saturated carbocycles. The normalized spacial score (nSPS) is 10.2. The molecular formula is C18H16N6O3. The van der Waals surface area contributed by atoms with Gasteiger partial charge in [-0.2, -0.15) is 0 Å². The molecule has 9 nitrogen and oxygen atoms in total. The summed E-state index contributed by atoms with van der Waals surface area (Å²) in [6.45, 7) is -0.260. The summed E-state index contributed by atoms with van der Waals surface area (Å²) in [6, 6.07) is 9.67. The van der Waals surface area contributed by atoms with Gasteiger partial charge in [0.05, 0.1) is 12.1 Å². The van der Waals surface area contributed by atoms with Gasteiger partial charge in [-0.15, -0.1) is 0 Å². The van der Waals surface area contributed by atoms with Gasteiger partial charge in [-0.05, 0) is 30.3 Å². The Kier molecular flexibility index (Phi) is 5.22. The molecule has 0 fully saturated rings. The number of hydrogen-bond acceptors (Lipinski definition) is 5. The third kappa shape index (κ3) is 4.54. The average Bonchev–Trinajstić information content (AvgIpc) is 3.21. The monoisotopic (exact) mass is 364 g/mol. The Labute approximate surface area is 154 Å². The summed E-state index contributed by atoms with van der Waals surface area (Å²) < 4.78 is 1.72. The van der Waals surface area contributed by atoms with E-state index in [1.165, 1.54) is 12.3 Å². The van der Waals surface area contributed by atoms with E-state index in [9.17, 15) is 14.4 Å². The van der Waals surface area contributed by atoms with Crippen molar-refractivity contribution in [2.45, 2.75) is 0 Å². The van der Waals surface area contributed by atoms with Crippen LogP contribution in [0.2, 0.25) is 0 Å². The summed E-state index contributed by atoms with van der Waals surface area (Å²) in [5.41, 5.74) is 6.09. The number of aromatic nitrogens is 3. The van der Waals surface area contributed by atoms with Crippen LogP contribution in [0.15, 0.2) is 61.3 Å². The highest BCUT2D eigenvalue weighted by atomic mass is 16.2. The minimum atomic E-state index is -0.639. The lowest BCUT2D eigenvalue weighted by Crippen LogP contribution is -2.33. The number of rotatable bonds is 6. The molecular weight excluding hydrogens is 348 g/mol. The number of nitrogens with one attached hydrogen (secondary N) is 2. The molecule has 1 aromatic carbocycles. The summed E-state index contributed by atoms with van der Waals surface area (Å²) in [5, 5.41) is 5.09. The Bertz CT molecular complexity index is 967. The summed E-state index contributed by atoms with van der Waals surface area (Å²) in [4.78, 5) is 43.2. The molecule has 3 aromatic rings. The van der Waals surface area contributed by atoms with Crippen LogP contribution in [0, 0.1) is 0 Å². The molecule has 2 aromatic heterocycles. The number of hydrogen-bond donors (Lipinski definition) is 3. The Hall–Kier alpha value is -4.01. The first-order valence-corrected chi connectivity index (χ1v) is 7.95. The highest BCUT2D eigenvalue weighted by Gasteiger charge is 2.10. The fourth-order valence-corrected chi connectivity index (χ4v) is 2.28. The largest absolute Gasteiger partial charge is 0.368 e. The second kappa shape index (κ2) is 7.91. The predicted molar refractivity (Wildman–Crippen MR) is 97.3 cm³/mol. The van der Waals surface area contributed by atoms with Crippen molar-refractivity contribution in [2.24, 2.45) is 5.73 Å². The van der Waals surface area contributed by atoms with E-state index in [4.69, 9.17) is 5.73 Å². The van der Waals surface area contributed by atoms with Gasteiger partial charge in [0.1, 0.15) is 12.1 Å². The van der Waals surface area contributed by atoms with E-state index in [2.05, 4.69) is 20.6 Å². The molecule has 0 spiro atoms. The third-order valence-corrected chi connectivity index (χ3v) is 3.58. The quantitative estimate of drug-likeness (QED) is 0.593. The lowest BCUT2D eigenvalue weighted by molar-refractivity contribution is -0.117. The zero-order valence-electron chi connectivity index (χ0n) is 14.1. The molecule has 27 heavy (non-hydrogen) atoms. The molecule has 3 rings (SSSR count). The number of benzene rings is 1. The zero-order chi connectivity index (χ0) is 19.2. The Balaban J connectivity index is 1.68. The smallest absolute Gasteiger partial charge is 0.257 e. The molecule has 9 heteroatoms. The second-order valence-corrected chi connectivity index (χ2v) is 5.56. The van der Waals surface area contributed by atoms with Crippen LogP contribution in [-0.2, 0) is 4.79 Å². The number of nitrogens with two attached hydrogens (primary N) is 1. The van der Waals surface area contributed by atoms with Crippen LogP contribution in [0.4, 0.5) is 5.69 Å². The molecule has 2 heterocycles. The van der Waals surface area contributed by atoms with Crippen molar-refractivity contribution in [3.8, 4) is 5.82 Å². The molecule has 3 amide bonds. The van der Waals surface area contributed by atoms with E-state index in [1.54, 1.807) is 53.6 Å². The molecule has 4 N–H and O–H groups in total. The van der Waals surface area contributed by atoms with Crippen LogP contribution in [0.5, 0.6) is 0 Å². The van der Waals surface area contributed by atoms with E-state index >= 15 is 0 Å². The Morgan fingerprint density at radius 3 is 2.59 bits per heavy atom. The predicted octanol–water partition coefficient (Wildman–Crippen LogP) is 0.735. The minimum absolute atomic E-state index is 0.260. The van der Waals surface area contributed by atoms with Gasteiger partial charge in [0.25, 0.3) is 11.8 Å². The van der Waals surface area contributed by atoms with E-state index in [0.717, 1.165) is 0 Å². The van der Waals surface area contributed by atoms with Gasteiger partial charge >= 0.3 is 0 Å². The van der Waals surface area contributed by atoms with Crippen molar-refractivity contribution < 1.29 is 14.4 Å². The van der Waals surface area contributed by atoms with Crippen molar-refractivity contribution in [1.29, 1.82) is 0 Å². The zero-order valence-corrected chi connectivity index (χ0v) is 14.1. The Morgan fingerprint density at radius 1 is 1.07 bits per heavy atom. The number of carbonyl (C=O) groups excluding carboxylic acids is 3. The van der Waals surface area contributed by atoms with Gasteiger partial charge < -0.3 is 16.4 Å². The van der Waals surface area contributed by atoms with Gasteiger partial charge in [-0.1, -0.05) is 6.07 Å². The van der Waals surface area contributed by atoms with Gasteiger partial charge in [0.15, 0.2) is 0 Å². The first-order valence-electron chi connectivity index (χ1n) is 7.95.